The Balaban J connectivity index is 1.77. The molecule has 0 bridgehead atoms. The summed E-state index contributed by atoms with van der Waals surface area (Å²) in [5.41, 5.74) is 1.17. The molecule has 1 aliphatic rings. The van der Waals surface area contributed by atoms with Gasteiger partial charge in [-0.25, -0.2) is 9.37 Å². The summed E-state index contributed by atoms with van der Waals surface area (Å²) in [7, 11) is 0. The van der Waals surface area contributed by atoms with Crippen LogP contribution >= 0.6 is 11.3 Å². The number of fused-ring (bicyclic) bond motifs is 1. The van der Waals surface area contributed by atoms with E-state index in [4.69, 9.17) is 0 Å². The molecule has 0 amide bonds. The fourth-order valence-corrected chi connectivity index (χ4v) is 3.88. The lowest BCUT2D eigenvalue weighted by Gasteiger charge is -2.35. The highest BCUT2D eigenvalue weighted by Crippen LogP contribution is 2.37. The van der Waals surface area contributed by atoms with E-state index in [-0.39, 0.29) is 5.82 Å². The highest BCUT2D eigenvalue weighted by molar-refractivity contribution is 7.22. The van der Waals surface area contributed by atoms with Gasteiger partial charge in [0.1, 0.15) is 5.82 Å². The van der Waals surface area contributed by atoms with Crippen molar-refractivity contribution in [2.75, 3.05) is 5.32 Å². The van der Waals surface area contributed by atoms with E-state index in [0.717, 1.165) is 15.3 Å². The molecule has 3 rings (SSSR count). The summed E-state index contributed by atoms with van der Waals surface area (Å²) in [5.74, 6) is -0.219. The summed E-state index contributed by atoms with van der Waals surface area (Å²) in [6.45, 7) is 4.66. The van der Waals surface area contributed by atoms with Gasteiger partial charge in [0.15, 0.2) is 5.13 Å². The van der Waals surface area contributed by atoms with Crippen LogP contribution in [0.1, 0.15) is 39.5 Å². The van der Waals surface area contributed by atoms with Crippen molar-refractivity contribution < 1.29 is 4.39 Å². The molecule has 1 aromatic heterocycles. The lowest BCUT2D eigenvalue weighted by Crippen LogP contribution is -2.31. The molecule has 1 aliphatic carbocycles. The van der Waals surface area contributed by atoms with Crippen molar-refractivity contribution in [3.8, 4) is 0 Å². The summed E-state index contributed by atoms with van der Waals surface area (Å²) in [5, 5.41) is 4.45. The van der Waals surface area contributed by atoms with Crippen molar-refractivity contribution >= 4 is 26.7 Å². The second-order valence-corrected chi connectivity index (χ2v) is 7.26. The number of nitrogens with one attached hydrogen (secondary N) is 1. The molecule has 1 fully saturated rings. The molecular weight excluding hydrogens is 259 g/mol. The van der Waals surface area contributed by atoms with E-state index in [0.29, 0.717) is 11.5 Å². The summed E-state index contributed by atoms with van der Waals surface area (Å²) in [6.07, 6.45) is 4.95. The zero-order chi connectivity index (χ0) is 13.5. The highest BCUT2D eigenvalue weighted by atomic mass is 32.1. The number of thiazole rings is 1. The van der Waals surface area contributed by atoms with Crippen LogP contribution in [-0.2, 0) is 0 Å². The maximum Gasteiger partial charge on any atom is 0.184 e. The van der Waals surface area contributed by atoms with Gasteiger partial charge in [-0.15, -0.1) is 0 Å². The van der Waals surface area contributed by atoms with Crippen molar-refractivity contribution in [1.82, 2.24) is 4.98 Å². The average molecular weight is 278 g/mol. The average Bonchev–Trinajstić information content (AvgIpc) is 2.68. The number of anilines is 1. The molecule has 2 aromatic rings. The van der Waals surface area contributed by atoms with E-state index < -0.39 is 0 Å². The highest BCUT2D eigenvalue weighted by Gasteiger charge is 2.28. The van der Waals surface area contributed by atoms with E-state index in [1.54, 1.807) is 17.4 Å². The van der Waals surface area contributed by atoms with Gasteiger partial charge in [0.2, 0.25) is 0 Å². The van der Waals surface area contributed by atoms with Crippen molar-refractivity contribution in [2.24, 2.45) is 5.41 Å². The third-order valence-corrected chi connectivity index (χ3v) is 4.85. The predicted molar refractivity (Wildman–Crippen MR) is 79.2 cm³/mol. The Morgan fingerprint density at radius 3 is 3.05 bits per heavy atom. The van der Waals surface area contributed by atoms with E-state index in [1.807, 2.05) is 0 Å². The van der Waals surface area contributed by atoms with Crippen LogP contribution in [0.4, 0.5) is 9.52 Å². The van der Waals surface area contributed by atoms with Gasteiger partial charge >= 0.3 is 0 Å². The number of aromatic nitrogens is 1. The van der Waals surface area contributed by atoms with E-state index in [2.05, 4.69) is 24.1 Å². The Kier molecular flexibility index (Phi) is 3.21. The van der Waals surface area contributed by atoms with Gasteiger partial charge in [-0.3, -0.25) is 0 Å². The van der Waals surface area contributed by atoms with Crippen molar-refractivity contribution in [2.45, 2.75) is 45.6 Å². The van der Waals surface area contributed by atoms with Gasteiger partial charge in [0.05, 0.1) is 10.2 Å². The normalized spacial score (nSPS) is 22.6. The molecule has 102 valence electrons. The number of nitrogens with zero attached hydrogens (tertiary/aromatic N) is 1. The van der Waals surface area contributed by atoms with Gasteiger partial charge < -0.3 is 5.32 Å². The second kappa shape index (κ2) is 4.75. The minimum absolute atomic E-state index is 0.219. The molecule has 2 nitrogen and oxygen atoms in total. The van der Waals surface area contributed by atoms with Crippen LogP contribution < -0.4 is 5.32 Å². The molecule has 0 aliphatic heterocycles. The van der Waals surface area contributed by atoms with E-state index >= 15 is 0 Å². The molecule has 1 N–H and O–H groups in total. The van der Waals surface area contributed by atoms with Gasteiger partial charge in [0.25, 0.3) is 0 Å². The third-order valence-electron chi connectivity index (χ3n) is 3.88. The summed E-state index contributed by atoms with van der Waals surface area (Å²) in [6, 6.07) is 5.29. The summed E-state index contributed by atoms with van der Waals surface area (Å²) in [4.78, 5) is 4.48. The van der Waals surface area contributed by atoms with Gasteiger partial charge in [-0.2, -0.15) is 0 Å². The largest absolute Gasteiger partial charge is 0.359 e. The minimum Gasteiger partial charge on any atom is -0.359 e. The fourth-order valence-electron chi connectivity index (χ4n) is 2.96. The van der Waals surface area contributed by atoms with Crippen LogP contribution in [0.25, 0.3) is 10.2 Å². The topological polar surface area (TPSA) is 24.9 Å². The monoisotopic (exact) mass is 278 g/mol. The Morgan fingerprint density at radius 1 is 1.42 bits per heavy atom. The Hall–Kier alpha value is -1.16. The maximum atomic E-state index is 13.2. The first-order chi connectivity index (χ1) is 9.02. The fraction of sp³-hybridized carbons (Fsp3) is 0.533. The number of benzene rings is 1. The molecule has 1 unspecified atom stereocenters. The van der Waals surface area contributed by atoms with Gasteiger partial charge in [0, 0.05) is 12.1 Å². The Labute approximate surface area is 117 Å². The number of hydrogen-bond acceptors (Lipinski definition) is 3. The lowest BCUT2D eigenvalue weighted by atomic mass is 9.75. The summed E-state index contributed by atoms with van der Waals surface area (Å²) < 4.78 is 14.2. The Morgan fingerprint density at radius 2 is 2.26 bits per heavy atom. The molecular formula is C15H19FN2S. The van der Waals surface area contributed by atoms with Crippen molar-refractivity contribution in [3.05, 3.63) is 24.0 Å². The predicted octanol–water partition coefficient (Wildman–Crippen LogP) is 4.82. The molecule has 1 saturated carbocycles. The molecule has 19 heavy (non-hydrogen) atoms. The first kappa shape index (κ1) is 12.9. The standard InChI is InChI=1S/C15H19FN2S/c1-15(2)7-3-4-11(9-15)17-14-18-12-8-10(16)5-6-13(12)19-14/h5-6,8,11H,3-4,7,9H2,1-2H3,(H,17,18). The minimum atomic E-state index is -0.219. The van der Waals surface area contributed by atoms with Crippen LogP contribution in [0.5, 0.6) is 0 Å². The van der Waals surface area contributed by atoms with Crippen molar-refractivity contribution in [3.63, 3.8) is 0 Å². The molecule has 4 heteroatoms. The smallest absolute Gasteiger partial charge is 0.184 e. The number of halogens is 1. The number of rotatable bonds is 2. The zero-order valence-electron chi connectivity index (χ0n) is 11.4. The zero-order valence-corrected chi connectivity index (χ0v) is 12.2. The van der Waals surface area contributed by atoms with Crippen LogP contribution in [0.3, 0.4) is 0 Å². The molecule has 0 spiro atoms. The first-order valence-corrected chi connectivity index (χ1v) is 7.66. The Bertz CT molecular complexity index is 591. The van der Waals surface area contributed by atoms with Crippen LogP contribution in [0.2, 0.25) is 0 Å². The molecule has 0 radical (unpaired) electrons. The second-order valence-electron chi connectivity index (χ2n) is 6.23. The number of hydrogen-bond donors (Lipinski definition) is 1. The molecule has 0 saturated heterocycles. The molecule has 1 heterocycles. The van der Waals surface area contributed by atoms with Crippen molar-refractivity contribution in [1.29, 1.82) is 0 Å². The SMILES string of the molecule is CC1(C)CCCC(Nc2nc3cc(F)ccc3s2)C1. The van der Waals surface area contributed by atoms with Crippen LogP contribution in [0.15, 0.2) is 18.2 Å². The molecule has 1 atom stereocenters. The van der Waals surface area contributed by atoms with Gasteiger partial charge in [-0.1, -0.05) is 31.6 Å². The summed E-state index contributed by atoms with van der Waals surface area (Å²) >= 11 is 1.61. The third kappa shape index (κ3) is 2.89. The van der Waals surface area contributed by atoms with E-state index in [9.17, 15) is 4.39 Å². The maximum absolute atomic E-state index is 13.2. The first-order valence-electron chi connectivity index (χ1n) is 6.84. The van der Waals surface area contributed by atoms with Gasteiger partial charge in [-0.05, 0) is 36.8 Å². The van der Waals surface area contributed by atoms with Crippen LogP contribution in [0, 0.1) is 11.2 Å². The lowest BCUT2D eigenvalue weighted by molar-refractivity contribution is 0.229. The molecule has 1 aromatic carbocycles. The van der Waals surface area contributed by atoms with E-state index in [1.165, 1.54) is 37.8 Å². The van der Waals surface area contributed by atoms with Crippen LogP contribution in [-0.4, -0.2) is 11.0 Å². The quantitative estimate of drug-likeness (QED) is 0.852.